The van der Waals surface area contributed by atoms with Crippen LogP contribution in [0.5, 0.6) is 0 Å². The Morgan fingerprint density at radius 3 is 2.45 bits per heavy atom. The second-order valence-corrected chi connectivity index (χ2v) is 7.27. The summed E-state index contributed by atoms with van der Waals surface area (Å²) in [6.07, 6.45) is 0. The van der Waals surface area contributed by atoms with Crippen LogP contribution in [0.25, 0.3) is 21.9 Å². The van der Waals surface area contributed by atoms with E-state index in [1.165, 1.54) is 36.6 Å². The van der Waals surface area contributed by atoms with E-state index in [1.807, 2.05) is 0 Å². The molecule has 0 unspecified atom stereocenters. The second-order valence-electron chi connectivity index (χ2n) is 6.02. The highest BCUT2D eigenvalue weighted by Crippen LogP contribution is 2.51. The van der Waals surface area contributed by atoms with Gasteiger partial charge in [0.1, 0.15) is 0 Å². The molecule has 0 nitrogen and oxygen atoms in total. The van der Waals surface area contributed by atoms with Gasteiger partial charge in [-0.3, -0.25) is 0 Å². The lowest BCUT2D eigenvalue weighted by molar-refractivity contribution is 0.661. The van der Waals surface area contributed by atoms with E-state index < -0.39 is 0 Å². The molecule has 0 fully saturated rings. The van der Waals surface area contributed by atoms with Gasteiger partial charge in [-0.25, -0.2) is 0 Å². The third kappa shape index (κ3) is 1.53. The van der Waals surface area contributed by atoms with Gasteiger partial charge in [-0.2, -0.15) is 0 Å². The summed E-state index contributed by atoms with van der Waals surface area (Å²) in [6, 6.07) is 20.1. The van der Waals surface area contributed by atoms with Crippen molar-refractivity contribution in [3.8, 4) is 11.1 Å². The molecule has 0 atom stereocenters. The average molecular weight is 370 g/mol. The van der Waals surface area contributed by atoms with Crippen LogP contribution in [0.15, 0.2) is 54.6 Å². The van der Waals surface area contributed by atoms with E-state index in [0.29, 0.717) is 0 Å². The number of benzene rings is 3. The fourth-order valence-electron chi connectivity index (χ4n) is 3.50. The Morgan fingerprint density at radius 1 is 0.850 bits per heavy atom. The van der Waals surface area contributed by atoms with Crippen LogP contribution in [0, 0.1) is 3.57 Å². The first kappa shape index (κ1) is 12.4. The quantitative estimate of drug-likeness (QED) is 0.442. The first-order valence-corrected chi connectivity index (χ1v) is 7.99. The topological polar surface area (TPSA) is 0 Å². The summed E-state index contributed by atoms with van der Waals surface area (Å²) in [5.41, 5.74) is 5.84. The molecule has 0 aromatic heterocycles. The average Bonchev–Trinajstić information content (AvgIpc) is 2.67. The fourth-order valence-corrected chi connectivity index (χ4v) is 3.99. The van der Waals surface area contributed by atoms with E-state index in [0.717, 1.165) is 0 Å². The molecule has 0 N–H and O–H groups in total. The Bertz CT molecular complexity index is 844. The molecule has 0 saturated carbocycles. The summed E-state index contributed by atoms with van der Waals surface area (Å²) in [6.45, 7) is 4.67. The maximum absolute atomic E-state index is 2.41. The van der Waals surface area contributed by atoms with Crippen molar-refractivity contribution < 1.29 is 0 Å². The predicted octanol–water partition coefficient (Wildman–Crippen LogP) is 5.75. The van der Waals surface area contributed by atoms with Gasteiger partial charge in [0.15, 0.2) is 0 Å². The normalized spacial score (nSPS) is 15.2. The molecule has 3 aromatic rings. The van der Waals surface area contributed by atoms with Crippen molar-refractivity contribution in [3.05, 3.63) is 69.3 Å². The SMILES string of the molecule is CC1(C)c2ccc(I)cc2-c2c1ccc1ccccc21. The highest BCUT2D eigenvalue weighted by molar-refractivity contribution is 14.1. The van der Waals surface area contributed by atoms with Crippen molar-refractivity contribution in [2.45, 2.75) is 19.3 Å². The summed E-state index contributed by atoms with van der Waals surface area (Å²) in [5.74, 6) is 0. The number of hydrogen-bond donors (Lipinski definition) is 0. The zero-order valence-corrected chi connectivity index (χ0v) is 13.7. The minimum atomic E-state index is 0.0963. The van der Waals surface area contributed by atoms with Crippen LogP contribution in [0.4, 0.5) is 0 Å². The second kappa shape index (κ2) is 4.08. The maximum Gasteiger partial charge on any atom is 0.0159 e. The predicted molar refractivity (Wildman–Crippen MR) is 94.2 cm³/mol. The Hall–Kier alpha value is -1.35. The lowest BCUT2D eigenvalue weighted by Crippen LogP contribution is -2.14. The summed E-state index contributed by atoms with van der Waals surface area (Å²) in [7, 11) is 0. The van der Waals surface area contributed by atoms with Crippen LogP contribution >= 0.6 is 22.6 Å². The minimum absolute atomic E-state index is 0.0963. The Balaban J connectivity index is 2.21. The monoisotopic (exact) mass is 370 g/mol. The largest absolute Gasteiger partial charge is 0.0616 e. The van der Waals surface area contributed by atoms with Crippen molar-refractivity contribution in [2.24, 2.45) is 0 Å². The Labute approximate surface area is 133 Å². The van der Waals surface area contributed by atoms with Gasteiger partial charge in [0.2, 0.25) is 0 Å². The standard InChI is InChI=1S/C19H15I/c1-19(2)16-10-8-13(20)11-15(16)18-14-6-4-3-5-12(14)7-9-17(18)19/h3-11H,1-2H3. The van der Waals surface area contributed by atoms with Gasteiger partial charge in [-0.1, -0.05) is 56.3 Å². The van der Waals surface area contributed by atoms with Gasteiger partial charge >= 0.3 is 0 Å². The number of halogens is 1. The van der Waals surface area contributed by atoms with Crippen molar-refractivity contribution in [1.82, 2.24) is 0 Å². The van der Waals surface area contributed by atoms with Crippen molar-refractivity contribution in [2.75, 3.05) is 0 Å². The lowest BCUT2D eigenvalue weighted by Gasteiger charge is -2.21. The van der Waals surface area contributed by atoms with Crippen LogP contribution in [0.1, 0.15) is 25.0 Å². The smallest absolute Gasteiger partial charge is 0.0159 e. The summed E-state index contributed by atoms with van der Waals surface area (Å²) in [5, 5.41) is 2.70. The van der Waals surface area contributed by atoms with Crippen molar-refractivity contribution in [3.63, 3.8) is 0 Å². The zero-order chi connectivity index (χ0) is 13.9. The van der Waals surface area contributed by atoms with Gasteiger partial charge in [-0.15, -0.1) is 0 Å². The first-order valence-electron chi connectivity index (χ1n) is 6.92. The molecule has 20 heavy (non-hydrogen) atoms. The molecule has 0 heterocycles. The molecule has 0 saturated heterocycles. The van der Waals surface area contributed by atoms with Crippen LogP contribution in [-0.2, 0) is 5.41 Å². The fraction of sp³-hybridized carbons (Fsp3) is 0.158. The molecule has 0 amide bonds. The van der Waals surface area contributed by atoms with Crippen LogP contribution in [-0.4, -0.2) is 0 Å². The number of fused-ring (bicyclic) bond motifs is 5. The molecule has 4 rings (SSSR count). The van der Waals surface area contributed by atoms with Crippen molar-refractivity contribution >= 4 is 33.4 Å². The van der Waals surface area contributed by atoms with E-state index in [-0.39, 0.29) is 5.41 Å². The summed E-state index contributed by atoms with van der Waals surface area (Å²) >= 11 is 2.41. The molecule has 1 heteroatoms. The van der Waals surface area contributed by atoms with Crippen molar-refractivity contribution in [1.29, 1.82) is 0 Å². The van der Waals surface area contributed by atoms with E-state index in [9.17, 15) is 0 Å². The molecule has 98 valence electrons. The molecule has 1 aliphatic carbocycles. The van der Waals surface area contributed by atoms with E-state index in [4.69, 9.17) is 0 Å². The lowest BCUT2D eigenvalue weighted by atomic mass is 9.82. The van der Waals surface area contributed by atoms with Gasteiger partial charge in [0, 0.05) is 8.99 Å². The molecule has 0 aliphatic heterocycles. The zero-order valence-electron chi connectivity index (χ0n) is 11.6. The molecule has 0 spiro atoms. The highest BCUT2D eigenvalue weighted by Gasteiger charge is 2.36. The van der Waals surface area contributed by atoms with Gasteiger partial charge in [0.25, 0.3) is 0 Å². The van der Waals surface area contributed by atoms with Crippen LogP contribution in [0.2, 0.25) is 0 Å². The third-order valence-electron chi connectivity index (χ3n) is 4.53. The Kier molecular flexibility index (Phi) is 2.53. The summed E-state index contributed by atoms with van der Waals surface area (Å²) < 4.78 is 1.30. The maximum atomic E-state index is 2.41. The van der Waals surface area contributed by atoms with E-state index in [2.05, 4.69) is 91.0 Å². The molecule has 3 aromatic carbocycles. The molecular formula is C19H15I. The summed E-state index contributed by atoms with van der Waals surface area (Å²) in [4.78, 5) is 0. The molecular weight excluding hydrogens is 355 g/mol. The Morgan fingerprint density at radius 2 is 1.60 bits per heavy atom. The van der Waals surface area contributed by atoms with Crippen LogP contribution in [0.3, 0.4) is 0 Å². The first-order chi connectivity index (χ1) is 9.59. The third-order valence-corrected chi connectivity index (χ3v) is 5.20. The van der Waals surface area contributed by atoms with Gasteiger partial charge in [-0.05, 0) is 67.7 Å². The minimum Gasteiger partial charge on any atom is -0.0616 e. The van der Waals surface area contributed by atoms with Crippen LogP contribution < -0.4 is 0 Å². The van der Waals surface area contributed by atoms with Gasteiger partial charge in [0.05, 0.1) is 0 Å². The van der Waals surface area contributed by atoms with E-state index in [1.54, 1.807) is 0 Å². The highest BCUT2D eigenvalue weighted by atomic mass is 127. The molecule has 1 aliphatic rings. The molecule has 0 radical (unpaired) electrons. The molecule has 0 bridgehead atoms. The van der Waals surface area contributed by atoms with Gasteiger partial charge < -0.3 is 0 Å². The van der Waals surface area contributed by atoms with E-state index >= 15 is 0 Å². The number of rotatable bonds is 0. The number of hydrogen-bond acceptors (Lipinski definition) is 0.